The quantitative estimate of drug-likeness (QED) is 0.747. The third kappa shape index (κ3) is 3.33. The molecule has 0 aliphatic carbocycles. The highest BCUT2D eigenvalue weighted by atomic mass is 16.2. The summed E-state index contributed by atoms with van der Waals surface area (Å²) in [6, 6.07) is 12.9. The Hall–Kier alpha value is -3.28. The first-order valence-electron chi connectivity index (χ1n) is 9.26. The van der Waals surface area contributed by atoms with Crippen LogP contribution in [0, 0.1) is 0 Å². The summed E-state index contributed by atoms with van der Waals surface area (Å²) in [5.74, 6) is 0.460. The normalized spacial score (nSPS) is 13.5. The number of amides is 1. The van der Waals surface area contributed by atoms with Gasteiger partial charge in [0.05, 0.1) is 12.2 Å². The van der Waals surface area contributed by atoms with E-state index in [1.807, 2.05) is 30.3 Å². The van der Waals surface area contributed by atoms with E-state index in [1.165, 1.54) is 0 Å². The number of rotatable bonds is 2. The van der Waals surface area contributed by atoms with E-state index in [4.69, 9.17) is 0 Å². The third-order valence-corrected chi connectivity index (χ3v) is 4.84. The van der Waals surface area contributed by atoms with Crippen LogP contribution in [0.2, 0.25) is 0 Å². The molecule has 0 radical (unpaired) electrons. The molecule has 0 spiro atoms. The molecule has 28 heavy (non-hydrogen) atoms. The van der Waals surface area contributed by atoms with Crippen LogP contribution in [0.4, 0.5) is 0 Å². The fourth-order valence-corrected chi connectivity index (χ4v) is 3.26. The average molecular weight is 374 g/mol. The van der Waals surface area contributed by atoms with Crippen LogP contribution in [-0.2, 0) is 18.5 Å². The van der Waals surface area contributed by atoms with Crippen molar-refractivity contribution in [1.82, 2.24) is 19.9 Å². The Bertz CT molecular complexity index is 1100. The molecule has 6 nitrogen and oxygen atoms in total. The summed E-state index contributed by atoms with van der Waals surface area (Å²) >= 11 is 0. The highest BCUT2D eigenvalue weighted by molar-refractivity contribution is 5.94. The molecule has 0 atom stereocenters. The summed E-state index contributed by atoms with van der Waals surface area (Å²) in [5.41, 5.74) is 2.96. The molecule has 0 fully saturated rings. The van der Waals surface area contributed by atoms with Crippen LogP contribution in [-0.4, -0.2) is 25.8 Å². The molecule has 2 aromatic heterocycles. The Morgan fingerprint density at radius 3 is 2.50 bits per heavy atom. The van der Waals surface area contributed by atoms with Gasteiger partial charge in [0.2, 0.25) is 0 Å². The van der Waals surface area contributed by atoms with Gasteiger partial charge in [0.15, 0.2) is 0 Å². The van der Waals surface area contributed by atoms with Crippen LogP contribution < -0.4 is 5.56 Å². The van der Waals surface area contributed by atoms with Crippen molar-refractivity contribution in [3.8, 4) is 11.3 Å². The van der Waals surface area contributed by atoms with Gasteiger partial charge in [-0.2, -0.15) is 0 Å². The van der Waals surface area contributed by atoms with Crippen molar-refractivity contribution >= 4 is 5.91 Å². The minimum Gasteiger partial charge on any atom is -0.328 e. The minimum absolute atomic E-state index is 0.136. The second kappa shape index (κ2) is 6.71. The van der Waals surface area contributed by atoms with Crippen molar-refractivity contribution in [2.24, 2.45) is 0 Å². The van der Waals surface area contributed by atoms with E-state index in [9.17, 15) is 9.59 Å². The molecule has 3 heterocycles. The van der Waals surface area contributed by atoms with E-state index in [-0.39, 0.29) is 22.4 Å². The molecule has 1 aliphatic heterocycles. The van der Waals surface area contributed by atoms with Gasteiger partial charge in [-0.3, -0.25) is 9.59 Å². The van der Waals surface area contributed by atoms with E-state index < -0.39 is 0 Å². The van der Waals surface area contributed by atoms with Gasteiger partial charge in [0.1, 0.15) is 11.4 Å². The fraction of sp³-hybridized carbons (Fsp3) is 0.273. The fourth-order valence-electron chi connectivity index (χ4n) is 3.26. The van der Waals surface area contributed by atoms with Crippen LogP contribution in [0.1, 0.15) is 48.2 Å². The maximum Gasteiger partial charge on any atom is 0.261 e. The van der Waals surface area contributed by atoms with Crippen LogP contribution >= 0.6 is 0 Å². The predicted octanol–water partition coefficient (Wildman–Crippen LogP) is 3.29. The van der Waals surface area contributed by atoms with Crippen molar-refractivity contribution in [1.29, 1.82) is 0 Å². The van der Waals surface area contributed by atoms with Crippen LogP contribution in [0.5, 0.6) is 0 Å². The maximum atomic E-state index is 12.9. The van der Waals surface area contributed by atoms with E-state index >= 15 is 0 Å². The van der Waals surface area contributed by atoms with Gasteiger partial charge in [-0.1, -0.05) is 51.1 Å². The smallest absolute Gasteiger partial charge is 0.261 e. The zero-order valence-electron chi connectivity index (χ0n) is 16.2. The number of carbonyl (C=O) groups is 1. The third-order valence-electron chi connectivity index (χ3n) is 4.84. The lowest BCUT2D eigenvalue weighted by molar-refractivity contribution is 0.0748. The number of aromatic nitrogens is 3. The predicted molar refractivity (Wildman–Crippen MR) is 107 cm³/mol. The van der Waals surface area contributed by atoms with Crippen LogP contribution in [0.25, 0.3) is 11.3 Å². The van der Waals surface area contributed by atoms with Crippen molar-refractivity contribution in [2.45, 2.75) is 39.3 Å². The van der Waals surface area contributed by atoms with E-state index in [1.54, 1.807) is 23.2 Å². The van der Waals surface area contributed by atoms with Gasteiger partial charge in [0, 0.05) is 29.4 Å². The number of fused-ring (bicyclic) bond motifs is 1. The zero-order valence-corrected chi connectivity index (χ0v) is 16.2. The van der Waals surface area contributed by atoms with Crippen molar-refractivity contribution in [2.75, 3.05) is 0 Å². The van der Waals surface area contributed by atoms with Gasteiger partial charge >= 0.3 is 0 Å². The maximum absolute atomic E-state index is 12.9. The zero-order chi connectivity index (χ0) is 19.9. The monoisotopic (exact) mass is 374 g/mol. The Labute approximate surface area is 163 Å². The standard InChI is InChI=1S/C22H22N4O2/c1-22(2,3)21-23-11-15-12-26(13-18(15)25-21)20(28)16-9-10-17(24-19(16)27)14-7-5-4-6-8-14/h4-11H,12-13H2,1-3H3,(H,24,27). The van der Waals surface area contributed by atoms with Crippen LogP contribution in [0.3, 0.4) is 0 Å². The minimum atomic E-state index is -0.385. The van der Waals surface area contributed by atoms with Crippen molar-refractivity contribution in [3.63, 3.8) is 0 Å². The summed E-state index contributed by atoms with van der Waals surface area (Å²) in [6.07, 6.45) is 1.79. The van der Waals surface area contributed by atoms with E-state index in [0.29, 0.717) is 18.8 Å². The molecular formula is C22H22N4O2. The molecule has 0 saturated carbocycles. The lowest BCUT2D eigenvalue weighted by Gasteiger charge is -2.16. The molecule has 142 valence electrons. The highest BCUT2D eigenvalue weighted by Gasteiger charge is 2.29. The molecule has 6 heteroatoms. The number of hydrogen-bond acceptors (Lipinski definition) is 4. The SMILES string of the molecule is CC(C)(C)c1ncc2c(n1)CN(C(=O)c1ccc(-c3ccccc3)[nH]c1=O)C2. The molecule has 1 aliphatic rings. The summed E-state index contributed by atoms with van der Waals surface area (Å²) in [7, 11) is 0. The van der Waals surface area contributed by atoms with Gasteiger partial charge in [-0.05, 0) is 17.7 Å². The first kappa shape index (κ1) is 18.1. The summed E-state index contributed by atoms with van der Waals surface area (Å²) < 4.78 is 0. The lowest BCUT2D eigenvalue weighted by atomic mass is 9.95. The molecule has 1 aromatic carbocycles. The second-order valence-electron chi connectivity index (χ2n) is 8.06. The topological polar surface area (TPSA) is 79.0 Å². The highest BCUT2D eigenvalue weighted by Crippen LogP contribution is 2.25. The molecule has 3 aromatic rings. The largest absolute Gasteiger partial charge is 0.328 e. The number of carbonyl (C=O) groups excluding carboxylic acids is 1. The number of pyridine rings is 1. The number of aromatic amines is 1. The number of hydrogen-bond donors (Lipinski definition) is 1. The van der Waals surface area contributed by atoms with Gasteiger partial charge in [0.25, 0.3) is 11.5 Å². The summed E-state index contributed by atoms with van der Waals surface area (Å²) in [5, 5.41) is 0. The lowest BCUT2D eigenvalue weighted by Crippen LogP contribution is -2.31. The van der Waals surface area contributed by atoms with Gasteiger partial charge in [-0.25, -0.2) is 9.97 Å². The molecule has 1 N–H and O–H groups in total. The summed E-state index contributed by atoms with van der Waals surface area (Å²) in [6.45, 7) is 6.97. The molecular weight excluding hydrogens is 352 g/mol. The Morgan fingerprint density at radius 1 is 1.07 bits per heavy atom. The number of H-pyrrole nitrogens is 1. The first-order chi connectivity index (χ1) is 13.3. The van der Waals surface area contributed by atoms with Crippen LogP contribution in [0.15, 0.2) is 53.5 Å². The van der Waals surface area contributed by atoms with Gasteiger partial charge < -0.3 is 9.88 Å². The molecule has 1 amide bonds. The van der Waals surface area contributed by atoms with Crippen molar-refractivity contribution in [3.05, 3.63) is 81.7 Å². The average Bonchev–Trinajstić information content (AvgIpc) is 3.11. The number of benzene rings is 1. The first-order valence-corrected chi connectivity index (χ1v) is 9.26. The molecule has 0 unspecified atom stereocenters. The Balaban J connectivity index is 1.58. The number of nitrogens with zero attached hydrogens (tertiary/aromatic N) is 3. The number of nitrogens with one attached hydrogen (secondary N) is 1. The second-order valence-corrected chi connectivity index (χ2v) is 8.06. The Kier molecular flexibility index (Phi) is 4.34. The van der Waals surface area contributed by atoms with Gasteiger partial charge in [-0.15, -0.1) is 0 Å². The molecule has 4 rings (SSSR count). The molecule has 0 saturated heterocycles. The van der Waals surface area contributed by atoms with E-state index in [2.05, 4.69) is 35.7 Å². The molecule has 0 bridgehead atoms. The van der Waals surface area contributed by atoms with Crippen molar-refractivity contribution < 1.29 is 4.79 Å². The summed E-state index contributed by atoms with van der Waals surface area (Å²) in [4.78, 5) is 39.0. The van der Waals surface area contributed by atoms with E-state index in [0.717, 1.165) is 22.6 Å². The Morgan fingerprint density at radius 2 is 1.82 bits per heavy atom.